The van der Waals surface area contributed by atoms with Gasteiger partial charge in [-0.15, -0.1) is 0 Å². The second kappa shape index (κ2) is 6.38. The van der Waals surface area contributed by atoms with Crippen molar-refractivity contribution >= 4 is 0 Å². The Morgan fingerprint density at radius 2 is 2.36 bits per heavy atom. The lowest BCUT2D eigenvalue weighted by Crippen LogP contribution is -2.37. The Labute approximate surface area is 87.2 Å². The van der Waals surface area contributed by atoms with Crippen LogP contribution in [0.25, 0.3) is 0 Å². The van der Waals surface area contributed by atoms with Gasteiger partial charge < -0.3 is 14.8 Å². The minimum absolute atomic E-state index is 0.329. The largest absolute Gasteiger partial charge is 0.379 e. The molecule has 3 atom stereocenters. The summed E-state index contributed by atoms with van der Waals surface area (Å²) in [5.41, 5.74) is 0. The van der Waals surface area contributed by atoms with Gasteiger partial charge in [0.05, 0.1) is 19.3 Å². The van der Waals surface area contributed by atoms with Crippen LogP contribution in [0.3, 0.4) is 0 Å². The maximum atomic E-state index is 5.79. The number of rotatable bonds is 6. The zero-order valence-electron chi connectivity index (χ0n) is 9.58. The van der Waals surface area contributed by atoms with E-state index in [2.05, 4.69) is 19.2 Å². The van der Waals surface area contributed by atoms with E-state index in [1.165, 1.54) is 6.42 Å². The van der Waals surface area contributed by atoms with Crippen molar-refractivity contribution in [3.8, 4) is 0 Å². The summed E-state index contributed by atoms with van der Waals surface area (Å²) in [7, 11) is 2.01. The number of hydrogen-bond donors (Lipinski definition) is 1. The summed E-state index contributed by atoms with van der Waals surface area (Å²) in [5.74, 6) is 0.669. The minimum atomic E-state index is 0.329. The molecule has 3 unspecified atom stereocenters. The van der Waals surface area contributed by atoms with E-state index in [1.807, 2.05) is 7.05 Å². The molecule has 0 saturated carbocycles. The standard InChI is InChI=1S/C11H23NO2/c1-4-9(2)11(12-3)8-14-10-5-6-13-7-10/h9-12H,4-8H2,1-3H3. The molecule has 0 radical (unpaired) electrons. The lowest BCUT2D eigenvalue weighted by atomic mass is 10.0. The van der Waals surface area contributed by atoms with Crippen molar-refractivity contribution in [2.24, 2.45) is 5.92 Å². The summed E-state index contributed by atoms with van der Waals surface area (Å²) in [4.78, 5) is 0. The molecule has 1 rings (SSSR count). The van der Waals surface area contributed by atoms with Crippen molar-refractivity contribution in [3.05, 3.63) is 0 Å². The van der Waals surface area contributed by atoms with Gasteiger partial charge in [-0.3, -0.25) is 0 Å². The molecule has 0 aromatic rings. The van der Waals surface area contributed by atoms with Gasteiger partial charge in [-0.25, -0.2) is 0 Å². The van der Waals surface area contributed by atoms with E-state index in [9.17, 15) is 0 Å². The number of hydrogen-bond acceptors (Lipinski definition) is 3. The quantitative estimate of drug-likeness (QED) is 0.705. The first-order chi connectivity index (χ1) is 6.77. The third-order valence-electron chi connectivity index (χ3n) is 3.10. The minimum Gasteiger partial charge on any atom is -0.379 e. The van der Waals surface area contributed by atoms with E-state index in [-0.39, 0.29) is 0 Å². The van der Waals surface area contributed by atoms with Gasteiger partial charge in [0, 0.05) is 12.6 Å². The molecule has 1 aliphatic heterocycles. The van der Waals surface area contributed by atoms with Crippen LogP contribution in [0.4, 0.5) is 0 Å². The molecular formula is C11H23NO2. The number of nitrogens with one attached hydrogen (secondary N) is 1. The molecule has 0 aromatic carbocycles. The molecule has 0 aromatic heterocycles. The fourth-order valence-electron chi connectivity index (χ4n) is 1.70. The summed E-state index contributed by atoms with van der Waals surface area (Å²) in [6, 6.07) is 0.473. The van der Waals surface area contributed by atoms with Crippen molar-refractivity contribution in [3.63, 3.8) is 0 Å². The second-order valence-corrected chi connectivity index (χ2v) is 4.10. The summed E-state index contributed by atoms with van der Waals surface area (Å²) < 4.78 is 11.1. The maximum Gasteiger partial charge on any atom is 0.0831 e. The van der Waals surface area contributed by atoms with E-state index in [1.54, 1.807) is 0 Å². The zero-order chi connectivity index (χ0) is 10.4. The average molecular weight is 201 g/mol. The first kappa shape index (κ1) is 12.0. The first-order valence-electron chi connectivity index (χ1n) is 5.64. The molecule has 84 valence electrons. The first-order valence-corrected chi connectivity index (χ1v) is 5.64. The molecule has 1 fully saturated rings. The highest BCUT2D eigenvalue weighted by molar-refractivity contribution is 4.72. The van der Waals surface area contributed by atoms with Crippen molar-refractivity contribution in [2.45, 2.75) is 38.8 Å². The zero-order valence-corrected chi connectivity index (χ0v) is 9.58. The number of likely N-dealkylation sites (N-methyl/N-ethyl adjacent to an activating group) is 1. The van der Waals surface area contributed by atoms with E-state index in [0.29, 0.717) is 18.1 Å². The Hall–Kier alpha value is -0.120. The van der Waals surface area contributed by atoms with Gasteiger partial charge in [-0.2, -0.15) is 0 Å². The summed E-state index contributed by atoms with van der Waals surface area (Å²) >= 11 is 0. The molecule has 3 nitrogen and oxygen atoms in total. The summed E-state index contributed by atoms with van der Waals surface area (Å²) in [6.45, 7) is 6.91. The third-order valence-corrected chi connectivity index (χ3v) is 3.10. The molecule has 0 bridgehead atoms. The van der Waals surface area contributed by atoms with Crippen LogP contribution in [0.5, 0.6) is 0 Å². The van der Waals surface area contributed by atoms with Crippen LogP contribution < -0.4 is 5.32 Å². The molecular weight excluding hydrogens is 178 g/mol. The topological polar surface area (TPSA) is 30.5 Å². The molecule has 1 heterocycles. The van der Waals surface area contributed by atoms with Crippen LogP contribution in [0.1, 0.15) is 26.7 Å². The lowest BCUT2D eigenvalue weighted by molar-refractivity contribution is 0.0229. The predicted molar refractivity (Wildman–Crippen MR) is 57.5 cm³/mol. The van der Waals surface area contributed by atoms with Gasteiger partial charge >= 0.3 is 0 Å². The fraction of sp³-hybridized carbons (Fsp3) is 1.00. The maximum absolute atomic E-state index is 5.79. The highest BCUT2D eigenvalue weighted by Gasteiger charge is 2.19. The van der Waals surface area contributed by atoms with Gasteiger partial charge in [-0.05, 0) is 19.4 Å². The van der Waals surface area contributed by atoms with Crippen LogP contribution >= 0.6 is 0 Å². The Balaban J connectivity index is 2.19. The van der Waals surface area contributed by atoms with Crippen molar-refractivity contribution in [2.75, 3.05) is 26.9 Å². The van der Waals surface area contributed by atoms with Gasteiger partial charge in [0.25, 0.3) is 0 Å². The molecule has 0 amide bonds. The normalized spacial score (nSPS) is 26.4. The average Bonchev–Trinajstić information content (AvgIpc) is 2.71. The molecule has 0 spiro atoms. The SMILES string of the molecule is CCC(C)C(COC1CCOC1)NC. The molecule has 1 aliphatic rings. The Morgan fingerprint density at radius 1 is 1.57 bits per heavy atom. The van der Waals surface area contributed by atoms with Gasteiger partial charge in [-0.1, -0.05) is 20.3 Å². The Morgan fingerprint density at radius 3 is 2.86 bits per heavy atom. The second-order valence-electron chi connectivity index (χ2n) is 4.10. The van der Waals surface area contributed by atoms with E-state index in [4.69, 9.17) is 9.47 Å². The van der Waals surface area contributed by atoms with Gasteiger partial charge in [0.15, 0.2) is 0 Å². The summed E-state index contributed by atoms with van der Waals surface area (Å²) in [6.07, 6.45) is 2.57. The van der Waals surface area contributed by atoms with Crippen LogP contribution in [0.2, 0.25) is 0 Å². The molecule has 14 heavy (non-hydrogen) atoms. The highest BCUT2D eigenvalue weighted by atomic mass is 16.5. The van der Waals surface area contributed by atoms with Crippen LogP contribution in [0.15, 0.2) is 0 Å². The fourth-order valence-corrected chi connectivity index (χ4v) is 1.70. The monoisotopic (exact) mass is 201 g/mol. The third kappa shape index (κ3) is 3.56. The predicted octanol–water partition coefficient (Wildman–Crippen LogP) is 1.43. The Kier molecular flexibility index (Phi) is 5.45. The molecule has 3 heteroatoms. The molecule has 1 saturated heterocycles. The highest BCUT2D eigenvalue weighted by Crippen LogP contribution is 2.12. The smallest absolute Gasteiger partial charge is 0.0831 e. The van der Waals surface area contributed by atoms with Crippen LogP contribution in [-0.2, 0) is 9.47 Å². The molecule has 0 aliphatic carbocycles. The van der Waals surface area contributed by atoms with Gasteiger partial charge in [0.2, 0.25) is 0 Å². The number of ether oxygens (including phenoxy) is 2. The van der Waals surface area contributed by atoms with Crippen molar-refractivity contribution in [1.82, 2.24) is 5.32 Å². The van der Waals surface area contributed by atoms with E-state index in [0.717, 1.165) is 26.2 Å². The van der Waals surface area contributed by atoms with E-state index >= 15 is 0 Å². The summed E-state index contributed by atoms with van der Waals surface area (Å²) in [5, 5.41) is 3.31. The van der Waals surface area contributed by atoms with Crippen LogP contribution in [-0.4, -0.2) is 39.0 Å². The van der Waals surface area contributed by atoms with E-state index < -0.39 is 0 Å². The van der Waals surface area contributed by atoms with Gasteiger partial charge in [0.1, 0.15) is 0 Å². The van der Waals surface area contributed by atoms with Crippen molar-refractivity contribution in [1.29, 1.82) is 0 Å². The lowest BCUT2D eigenvalue weighted by Gasteiger charge is -2.23. The van der Waals surface area contributed by atoms with Crippen LogP contribution in [0, 0.1) is 5.92 Å². The van der Waals surface area contributed by atoms with Crippen molar-refractivity contribution < 1.29 is 9.47 Å². The molecule has 1 N–H and O–H groups in total. The Bertz CT molecular complexity index is 146.